The molecule has 0 radical (unpaired) electrons. The van der Waals surface area contributed by atoms with Crippen LogP contribution in [0.1, 0.15) is 57.7 Å². The third kappa shape index (κ3) is 3.14. The number of aromatic nitrogens is 3. The minimum absolute atomic E-state index is 0.0390. The number of rotatable bonds is 6. The van der Waals surface area contributed by atoms with Gasteiger partial charge in [0.05, 0.1) is 6.67 Å². The summed E-state index contributed by atoms with van der Waals surface area (Å²) < 4.78 is 4.66. The molecule has 1 unspecified atom stereocenters. The summed E-state index contributed by atoms with van der Waals surface area (Å²) in [6, 6.07) is 0.707. The summed E-state index contributed by atoms with van der Waals surface area (Å²) in [7, 11) is 0. The molecule has 0 spiro atoms. The molecular weight excluding hydrogens is 296 g/mol. The van der Waals surface area contributed by atoms with Crippen molar-refractivity contribution in [3.8, 4) is 0 Å². The van der Waals surface area contributed by atoms with Crippen molar-refractivity contribution in [1.82, 2.24) is 19.2 Å². The summed E-state index contributed by atoms with van der Waals surface area (Å²) in [4.78, 5) is 2.57. The standard InChI is InChI=1S/C16H28N4OS/c1-2-9-19-15(11-21)17-20(16(19)22)12-18-10-5-8-14(18)13-6-3-4-7-13/h13-14,21H,2-12H2,1H3. The Morgan fingerprint density at radius 2 is 2.00 bits per heavy atom. The van der Waals surface area contributed by atoms with Crippen molar-refractivity contribution < 1.29 is 5.11 Å². The first kappa shape index (κ1) is 16.1. The zero-order valence-electron chi connectivity index (χ0n) is 13.6. The highest BCUT2D eigenvalue weighted by Crippen LogP contribution is 2.35. The fourth-order valence-electron chi connectivity index (χ4n) is 4.22. The van der Waals surface area contributed by atoms with E-state index >= 15 is 0 Å². The molecule has 0 amide bonds. The highest BCUT2D eigenvalue weighted by atomic mass is 32.1. The zero-order valence-corrected chi connectivity index (χ0v) is 14.4. The van der Waals surface area contributed by atoms with Gasteiger partial charge in [-0.25, -0.2) is 4.68 Å². The lowest BCUT2D eigenvalue weighted by Crippen LogP contribution is -2.36. The first-order valence-electron chi connectivity index (χ1n) is 8.76. The fourth-order valence-corrected chi connectivity index (χ4v) is 4.51. The van der Waals surface area contributed by atoms with Crippen LogP contribution in [-0.2, 0) is 19.8 Å². The van der Waals surface area contributed by atoms with Crippen molar-refractivity contribution in [3.05, 3.63) is 10.6 Å². The Bertz CT molecular complexity index is 547. The van der Waals surface area contributed by atoms with E-state index in [1.165, 1.54) is 38.5 Å². The van der Waals surface area contributed by atoms with Crippen LogP contribution in [-0.4, -0.2) is 36.9 Å². The highest BCUT2D eigenvalue weighted by Gasteiger charge is 2.33. The predicted molar refractivity (Wildman–Crippen MR) is 89.0 cm³/mol. The molecule has 1 saturated heterocycles. The van der Waals surface area contributed by atoms with Gasteiger partial charge in [-0.1, -0.05) is 19.8 Å². The second kappa shape index (κ2) is 7.23. The Hall–Kier alpha value is -0.720. The molecule has 1 aromatic heterocycles. The van der Waals surface area contributed by atoms with Crippen molar-refractivity contribution in [3.63, 3.8) is 0 Å². The van der Waals surface area contributed by atoms with Crippen molar-refractivity contribution in [2.24, 2.45) is 5.92 Å². The first-order chi connectivity index (χ1) is 10.7. The number of aliphatic hydroxyl groups is 1. The molecule has 0 bridgehead atoms. The van der Waals surface area contributed by atoms with E-state index in [1.54, 1.807) is 0 Å². The van der Waals surface area contributed by atoms with Gasteiger partial charge in [-0.3, -0.25) is 4.90 Å². The largest absolute Gasteiger partial charge is 0.388 e. The van der Waals surface area contributed by atoms with Crippen LogP contribution in [0.5, 0.6) is 0 Å². The molecule has 2 heterocycles. The van der Waals surface area contributed by atoms with Gasteiger partial charge in [0.1, 0.15) is 6.61 Å². The van der Waals surface area contributed by atoms with Gasteiger partial charge in [0.25, 0.3) is 0 Å². The number of hydrogen-bond acceptors (Lipinski definition) is 4. The topological polar surface area (TPSA) is 46.2 Å². The lowest BCUT2D eigenvalue weighted by molar-refractivity contribution is 0.142. The van der Waals surface area contributed by atoms with Gasteiger partial charge in [0, 0.05) is 19.1 Å². The maximum absolute atomic E-state index is 9.51. The van der Waals surface area contributed by atoms with Crippen LogP contribution in [0.15, 0.2) is 0 Å². The van der Waals surface area contributed by atoms with Crippen molar-refractivity contribution in [1.29, 1.82) is 0 Å². The molecule has 2 fully saturated rings. The fraction of sp³-hybridized carbons (Fsp3) is 0.875. The second-order valence-electron chi connectivity index (χ2n) is 6.72. The molecule has 3 rings (SSSR count). The van der Waals surface area contributed by atoms with Gasteiger partial charge in [-0.2, -0.15) is 5.10 Å². The zero-order chi connectivity index (χ0) is 15.5. The van der Waals surface area contributed by atoms with Gasteiger partial charge in [0.2, 0.25) is 0 Å². The highest BCUT2D eigenvalue weighted by molar-refractivity contribution is 7.71. The minimum atomic E-state index is -0.0390. The number of hydrogen-bond donors (Lipinski definition) is 1. The lowest BCUT2D eigenvalue weighted by atomic mass is 9.96. The van der Waals surface area contributed by atoms with E-state index in [9.17, 15) is 5.11 Å². The molecule has 1 aliphatic heterocycles. The number of nitrogens with zero attached hydrogens (tertiary/aromatic N) is 4. The van der Waals surface area contributed by atoms with E-state index < -0.39 is 0 Å². The van der Waals surface area contributed by atoms with Crippen molar-refractivity contribution >= 4 is 12.2 Å². The lowest BCUT2D eigenvalue weighted by Gasteiger charge is -2.29. The summed E-state index contributed by atoms with van der Waals surface area (Å²) in [6.07, 6.45) is 9.18. The molecule has 0 aromatic carbocycles. The van der Waals surface area contributed by atoms with E-state index in [2.05, 4.69) is 16.9 Å². The van der Waals surface area contributed by atoms with Gasteiger partial charge >= 0.3 is 0 Å². The van der Waals surface area contributed by atoms with Gasteiger partial charge < -0.3 is 9.67 Å². The Balaban J connectivity index is 1.76. The Morgan fingerprint density at radius 1 is 1.23 bits per heavy atom. The summed E-state index contributed by atoms with van der Waals surface area (Å²) in [6.45, 7) is 4.85. The third-order valence-electron chi connectivity index (χ3n) is 5.26. The van der Waals surface area contributed by atoms with Gasteiger partial charge in [0.15, 0.2) is 10.6 Å². The van der Waals surface area contributed by atoms with E-state index in [-0.39, 0.29) is 6.61 Å². The third-order valence-corrected chi connectivity index (χ3v) is 5.69. The van der Waals surface area contributed by atoms with Crippen LogP contribution < -0.4 is 0 Å². The molecule has 1 aromatic rings. The van der Waals surface area contributed by atoms with E-state index in [0.29, 0.717) is 11.9 Å². The second-order valence-corrected chi connectivity index (χ2v) is 7.08. The van der Waals surface area contributed by atoms with E-state index in [4.69, 9.17) is 12.2 Å². The van der Waals surface area contributed by atoms with Crippen LogP contribution in [0, 0.1) is 10.7 Å². The SMILES string of the molecule is CCCn1c(CO)nn(CN2CCCC2C2CCCC2)c1=S. The van der Waals surface area contributed by atoms with Crippen molar-refractivity contribution in [2.75, 3.05) is 6.54 Å². The van der Waals surface area contributed by atoms with E-state index in [1.807, 2.05) is 9.25 Å². The average molecular weight is 324 g/mol. The van der Waals surface area contributed by atoms with Crippen LogP contribution in [0.3, 0.4) is 0 Å². The molecule has 1 aliphatic carbocycles. The summed E-state index contributed by atoms with van der Waals surface area (Å²) in [5, 5.41) is 14.1. The molecule has 124 valence electrons. The van der Waals surface area contributed by atoms with E-state index in [0.717, 1.165) is 36.9 Å². The summed E-state index contributed by atoms with van der Waals surface area (Å²) in [5.41, 5.74) is 0. The Morgan fingerprint density at radius 3 is 2.68 bits per heavy atom. The van der Waals surface area contributed by atoms with Gasteiger partial charge in [-0.05, 0) is 50.2 Å². The molecular formula is C16H28N4OS. The summed E-state index contributed by atoms with van der Waals surface area (Å²) in [5.74, 6) is 1.56. The van der Waals surface area contributed by atoms with Crippen molar-refractivity contribution in [2.45, 2.75) is 77.7 Å². The van der Waals surface area contributed by atoms with Crippen LogP contribution in [0.25, 0.3) is 0 Å². The van der Waals surface area contributed by atoms with Crippen LogP contribution in [0.4, 0.5) is 0 Å². The Kier molecular flexibility index (Phi) is 5.31. The quantitative estimate of drug-likeness (QED) is 0.817. The smallest absolute Gasteiger partial charge is 0.199 e. The monoisotopic (exact) mass is 324 g/mol. The molecule has 1 saturated carbocycles. The normalized spacial score (nSPS) is 23.6. The number of likely N-dealkylation sites (tertiary alicyclic amines) is 1. The molecule has 1 atom stereocenters. The molecule has 5 nitrogen and oxygen atoms in total. The average Bonchev–Trinajstić information content (AvgIpc) is 3.23. The molecule has 22 heavy (non-hydrogen) atoms. The first-order valence-corrected chi connectivity index (χ1v) is 9.16. The van der Waals surface area contributed by atoms with Crippen LogP contribution in [0.2, 0.25) is 0 Å². The van der Waals surface area contributed by atoms with Crippen LogP contribution >= 0.6 is 12.2 Å². The van der Waals surface area contributed by atoms with Gasteiger partial charge in [-0.15, -0.1) is 0 Å². The maximum Gasteiger partial charge on any atom is 0.199 e. The Labute approximate surface area is 137 Å². The molecule has 2 aliphatic rings. The molecule has 6 heteroatoms. The number of aliphatic hydroxyl groups excluding tert-OH is 1. The maximum atomic E-state index is 9.51. The predicted octanol–water partition coefficient (Wildman–Crippen LogP) is 2.93. The summed E-state index contributed by atoms with van der Waals surface area (Å²) >= 11 is 5.58. The molecule has 1 N–H and O–H groups in total. The minimum Gasteiger partial charge on any atom is -0.388 e.